The van der Waals surface area contributed by atoms with Crippen molar-refractivity contribution in [2.75, 3.05) is 6.61 Å². The third-order valence-corrected chi connectivity index (χ3v) is 5.03. The lowest BCUT2D eigenvalue weighted by Crippen LogP contribution is -2.14. The normalized spacial score (nSPS) is 11.7. The largest absolute Gasteiger partial charge is 0.491 e. The molecule has 2 aromatic rings. The fourth-order valence-electron chi connectivity index (χ4n) is 3.48. The minimum atomic E-state index is -4.74. The molecule has 29 heavy (non-hydrogen) atoms. The van der Waals surface area contributed by atoms with E-state index in [1.165, 1.54) is 42.5 Å². The number of unbranched alkanes of at least 4 members (excludes halogenated alkanes) is 3. The van der Waals surface area contributed by atoms with Gasteiger partial charge in [-0.3, -0.25) is 0 Å². The summed E-state index contributed by atoms with van der Waals surface area (Å²) in [5.74, 6) is -1.65. The van der Waals surface area contributed by atoms with Gasteiger partial charge in [0, 0.05) is 0 Å². The van der Waals surface area contributed by atoms with Crippen LogP contribution < -0.4 is 4.74 Å². The van der Waals surface area contributed by atoms with Crippen molar-refractivity contribution in [3.8, 4) is 5.75 Å². The smallest absolute Gasteiger partial charge is 0.419 e. The molecule has 1 nitrogen and oxygen atoms in total. The number of hydrogen-bond donors (Lipinski definition) is 0. The molecule has 0 N–H and O–H groups in total. The van der Waals surface area contributed by atoms with E-state index in [1.54, 1.807) is 6.92 Å². The van der Waals surface area contributed by atoms with Gasteiger partial charge >= 0.3 is 6.18 Å². The maximum atomic E-state index is 14.3. The van der Waals surface area contributed by atoms with Crippen molar-refractivity contribution in [2.24, 2.45) is 0 Å². The predicted octanol–water partition coefficient (Wildman–Crippen LogP) is 7.54. The maximum absolute atomic E-state index is 14.3. The van der Waals surface area contributed by atoms with E-state index in [1.807, 2.05) is 0 Å². The second-order valence-electron chi connectivity index (χ2n) is 7.32. The Balaban J connectivity index is 1.92. The van der Waals surface area contributed by atoms with Crippen LogP contribution in [0.2, 0.25) is 0 Å². The molecule has 0 aliphatic carbocycles. The van der Waals surface area contributed by atoms with Gasteiger partial charge in [0.05, 0.1) is 12.2 Å². The SMILES string of the molecule is CCCCCc1ccc(CCCCc2ccc(OCC)c(F)c2C(F)(F)F)cc1. The molecule has 0 aromatic heterocycles. The summed E-state index contributed by atoms with van der Waals surface area (Å²) in [7, 11) is 0. The van der Waals surface area contributed by atoms with Crippen LogP contribution in [0.25, 0.3) is 0 Å². The lowest BCUT2D eigenvalue weighted by molar-refractivity contribution is -0.140. The van der Waals surface area contributed by atoms with Crippen molar-refractivity contribution in [3.05, 3.63) is 64.5 Å². The van der Waals surface area contributed by atoms with E-state index in [-0.39, 0.29) is 24.3 Å². The molecular weight excluding hydrogens is 380 g/mol. The highest BCUT2D eigenvalue weighted by molar-refractivity contribution is 5.39. The van der Waals surface area contributed by atoms with Crippen LogP contribution in [0.4, 0.5) is 17.6 Å². The Morgan fingerprint density at radius 3 is 1.83 bits per heavy atom. The van der Waals surface area contributed by atoms with Crippen LogP contribution in [0.1, 0.15) is 68.2 Å². The molecule has 0 heterocycles. The Morgan fingerprint density at radius 2 is 1.31 bits per heavy atom. The van der Waals surface area contributed by atoms with Gasteiger partial charge in [0.15, 0.2) is 11.6 Å². The van der Waals surface area contributed by atoms with Gasteiger partial charge in [0.25, 0.3) is 0 Å². The lowest BCUT2D eigenvalue weighted by atomic mass is 9.98. The molecule has 0 saturated heterocycles. The molecule has 160 valence electrons. The Hall–Kier alpha value is -2.04. The van der Waals surface area contributed by atoms with E-state index in [4.69, 9.17) is 4.74 Å². The minimum Gasteiger partial charge on any atom is -0.491 e. The molecule has 2 aromatic carbocycles. The Morgan fingerprint density at radius 1 is 0.759 bits per heavy atom. The van der Waals surface area contributed by atoms with Crippen LogP contribution >= 0.6 is 0 Å². The van der Waals surface area contributed by atoms with Crippen molar-refractivity contribution in [2.45, 2.75) is 71.4 Å². The third-order valence-electron chi connectivity index (χ3n) is 5.03. The fourth-order valence-corrected chi connectivity index (χ4v) is 3.48. The van der Waals surface area contributed by atoms with Gasteiger partial charge in [-0.1, -0.05) is 50.1 Å². The number of hydrogen-bond acceptors (Lipinski definition) is 1. The number of alkyl halides is 3. The maximum Gasteiger partial charge on any atom is 0.419 e. The van der Waals surface area contributed by atoms with Crippen molar-refractivity contribution >= 4 is 0 Å². The summed E-state index contributed by atoms with van der Waals surface area (Å²) in [5.41, 5.74) is 1.30. The first kappa shape index (κ1) is 23.2. The first-order valence-corrected chi connectivity index (χ1v) is 10.5. The van der Waals surface area contributed by atoms with Crippen LogP contribution in [-0.2, 0) is 25.4 Å². The van der Waals surface area contributed by atoms with Crippen LogP contribution in [0.5, 0.6) is 5.75 Å². The topological polar surface area (TPSA) is 9.23 Å². The Kier molecular flexibility index (Phi) is 8.99. The average Bonchev–Trinajstić information content (AvgIpc) is 2.67. The molecule has 0 atom stereocenters. The molecule has 0 bridgehead atoms. The van der Waals surface area contributed by atoms with E-state index in [0.717, 1.165) is 19.3 Å². The highest BCUT2D eigenvalue weighted by Gasteiger charge is 2.38. The molecule has 0 aliphatic heterocycles. The third kappa shape index (κ3) is 7.06. The van der Waals surface area contributed by atoms with Gasteiger partial charge in [-0.05, 0) is 68.2 Å². The monoisotopic (exact) mass is 410 g/mol. The second-order valence-corrected chi connectivity index (χ2v) is 7.32. The summed E-state index contributed by atoms with van der Waals surface area (Å²) in [4.78, 5) is 0. The number of benzene rings is 2. The highest BCUT2D eigenvalue weighted by Crippen LogP contribution is 2.38. The summed E-state index contributed by atoms with van der Waals surface area (Å²) >= 11 is 0. The van der Waals surface area contributed by atoms with E-state index < -0.39 is 17.6 Å². The Bertz CT molecular complexity index is 751. The zero-order chi connectivity index (χ0) is 21.3. The van der Waals surface area contributed by atoms with Gasteiger partial charge in [0.1, 0.15) is 0 Å². The van der Waals surface area contributed by atoms with E-state index in [9.17, 15) is 17.6 Å². The average molecular weight is 410 g/mol. The molecular formula is C24H30F4O. The van der Waals surface area contributed by atoms with Gasteiger partial charge in [-0.15, -0.1) is 0 Å². The standard InChI is InChI=1S/C24H30F4O/c1-3-5-6-9-18-12-14-19(15-13-18)10-7-8-11-20-16-17-21(29-4-2)23(25)22(20)24(26,27)28/h12-17H,3-11H2,1-2H3. The molecule has 0 amide bonds. The summed E-state index contributed by atoms with van der Waals surface area (Å²) in [6, 6.07) is 11.1. The molecule has 2 rings (SSSR count). The van der Waals surface area contributed by atoms with Gasteiger partial charge in [-0.25, -0.2) is 4.39 Å². The summed E-state index contributed by atoms with van der Waals surface area (Å²) < 4.78 is 59.3. The number of rotatable bonds is 11. The quantitative estimate of drug-likeness (QED) is 0.275. The lowest BCUT2D eigenvalue weighted by Gasteiger charge is -2.16. The van der Waals surface area contributed by atoms with Gasteiger partial charge < -0.3 is 4.74 Å². The predicted molar refractivity (Wildman–Crippen MR) is 109 cm³/mol. The molecule has 0 fully saturated rings. The second kappa shape index (κ2) is 11.2. The molecule has 0 spiro atoms. The van der Waals surface area contributed by atoms with E-state index >= 15 is 0 Å². The van der Waals surface area contributed by atoms with Gasteiger partial charge in [-0.2, -0.15) is 13.2 Å². The van der Waals surface area contributed by atoms with Crippen molar-refractivity contribution in [3.63, 3.8) is 0 Å². The molecule has 5 heteroatoms. The van der Waals surface area contributed by atoms with E-state index in [2.05, 4.69) is 31.2 Å². The zero-order valence-electron chi connectivity index (χ0n) is 17.2. The molecule has 0 saturated carbocycles. The fraction of sp³-hybridized carbons (Fsp3) is 0.500. The molecule has 0 unspecified atom stereocenters. The van der Waals surface area contributed by atoms with Crippen LogP contribution in [0.15, 0.2) is 36.4 Å². The van der Waals surface area contributed by atoms with Crippen LogP contribution in [-0.4, -0.2) is 6.61 Å². The Labute approximate surface area is 171 Å². The number of halogens is 4. The van der Waals surface area contributed by atoms with Crippen molar-refractivity contribution in [1.82, 2.24) is 0 Å². The summed E-state index contributed by atoms with van der Waals surface area (Å²) in [5, 5.41) is 0. The molecule has 0 radical (unpaired) electrons. The minimum absolute atomic E-state index is 0.00951. The summed E-state index contributed by atoms with van der Waals surface area (Å²) in [6.07, 6.45) is 2.27. The van der Waals surface area contributed by atoms with Crippen LogP contribution in [0, 0.1) is 5.82 Å². The first-order chi connectivity index (χ1) is 13.9. The number of aryl methyl sites for hydroxylation is 3. The van der Waals surface area contributed by atoms with E-state index in [0.29, 0.717) is 6.42 Å². The van der Waals surface area contributed by atoms with Crippen molar-refractivity contribution < 1.29 is 22.3 Å². The molecule has 0 aliphatic rings. The zero-order valence-corrected chi connectivity index (χ0v) is 17.2. The first-order valence-electron chi connectivity index (χ1n) is 10.5. The van der Waals surface area contributed by atoms with Gasteiger partial charge in [0.2, 0.25) is 0 Å². The summed E-state index contributed by atoms with van der Waals surface area (Å²) in [6.45, 7) is 3.91. The van der Waals surface area contributed by atoms with Crippen molar-refractivity contribution in [1.29, 1.82) is 0 Å². The highest BCUT2D eigenvalue weighted by atomic mass is 19.4. The van der Waals surface area contributed by atoms with Crippen LogP contribution in [0.3, 0.4) is 0 Å². The number of ether oxygens (including phenoxy) is 1.